The van der Waals surface area contributed by atoms with Gasteiger partial charge in [0.2, 0.25) is 0 Å². The molecule has 1 aliphatic heterocycles. The van der Waals surface area contributed by atoms with Crippen molar-refractivity contribution in [2.45, 2.75) is 58.2 Å². The molecule has 0 spiro atoms. The van der Waals surface area contributed by atoms with Gasteiger partial charge in [-0.25, -0.2) is 0 Å². The van der Waals surface area contributed by atoms with Crippen molar-refractivity contribution in [2.24, 2.45) is 5.92 Å². The third kappa shape index (κ3) is 4.54. The van der Waals surface area contributed by atoms with Crippen LogP contribution in [0.3, 0.4) is 0 Å². The molecule has 0 aromatic heterocycles. The van der Waals surface area contributed by atoms with Gasteiger partial charge in [0.15, 0.2) is 0 Å². The van der Waals surface area contributed by atoms with Gasteiger partial charge in [-0.3, -0.25) is 4.90 Å². The molecule has 1 unspecified atom stereocenters. The third-order valence-electron chi connectivity index (χ3n) is 4.75. The normalized spacial score (nSPS) is 22.9. The van der Waals surface area contributed by atoms with Crippen LogP contribution >= 0.6 is 15.9 Å². The minimum absolute atomic E-state index is 0.781. The van der Waals surface area contributed by atoms with Crippen LogP contribution < -0.4 is 5.32 Å². The fraction of sp³-hybridized carbons (Fsp3) is 0.667. The molecule has 1 aromatic carbocycles. The van der Waals surface area contributed by atoms with Crippen molar-refractivity contribution >= 4 is 15.9 Å². The topological polar surface area (TPSA) is 15.3 Å². The molecular formula is C18H27BrN2. The van der Waals surface area contributed by atoms with Gasteiger partial charge in [0.1, 0.15) is 0 Å². The van der Waals surface area contributed by atoms with E-state index in [4.69, 9.17) is 0 Å². The molecule has 1 N–H and O–H groups in total. The van der Waals surface area contributed by atoms with E-state index < -0.39 is 0 Å². The van der Waals surface area contributed by atoms with Crippen molar-refractivity contribution in [1.82, 2.24) is 10.2 Å². The van der Waals surface area contributed by atoms with Gasteiger partial charge in [-0.15, -0.1) is 0 Å². The molecule has 0 bridgehead atoms. The highest BCUT2D eigenvalue weighted by Crippen LogP contribution is 2.26. The second-order valence-corrected chi connectivity index (χ2v) is 7.61. The predicted octanol–water partition coefficient (Wildman–Crippen LogP) is 4.32. The van der Waals surface area contributed by atoms with Gasteiger partial charge >= 0.3 is 0 Å². The van der Waals surface area contributed by atoms with Crippen LogP contribution in [-0.2, 0) is 13.1 Å². The Hall–Kier alpha value is -0.380. The van der Waals surface area contributed by atoms with Gasteiger partial charge in [-0.05, 0) is 55.3 Å². The van der Waals surface area contributed by atoms with Gasteiger partial charge in [0.25, 0.3) is 0 Å². The zero-order valence-corrected chi connectivity index (χ0v) is 14.7. The van der Waals surface area contributed by atoms with Crippen LogP contribution in [0.5, 0.6) is 0 Å². The summed E-state index contributed by atoms with van der Waals surface area (Å²) in [4.78, 5) is 2.61. The van der Waals surface area contributed by atoms with Crippen molar-refractivity contribution < 1.29 is 0 Å². The molecule has 21 heavy (non-hydrogen) atoms. The monoisotopic (exact) mass is 350 g/mol. The fourth-order valence-electron chi connectivity index (χ4n) is 3.32. The van der Waals surface area contributed by atoms with E-state index in [1.165, 1.54) is 60.8 Å². The van der Waals surface area contributed by atoms with Gasteiger partial charge in [0.05, 0.1) is 0 Å². The summed E-state index contributed by atoms with van der Waals surface area (Å²) in [6.07, 6.45) is 6.81. The maximum Gasteiger partial charge on any atom is 0.0245 e. The number of hydrogen-bond acceptors (Lipinski definition) is 2. The Labute approximate surface area is 137 Å². The molecule has 1 aliphatic carbocycles. The van der Waals surface area contributed by atoms with E-state index >= 15 is 0 Å². The molecule has 1 saturated heterocycles. The number of nitrogens with one attached hydrogen (secondary N) is 1. The van der Waals surface area contributed by atoms with Crippen molar-refractivity contribution in [3.63, 3.8) is 0 Å². The highest BCUT2D eigenvalue weighted by atomic mass is 79.9. The van der Waals surface area contributed by atoms with Crippen LogP contribution in [-0.4, -0.2) is 24.0 Å². The SMILES string of the molecule is CCCC1CCN(Cc2ccc(CNC3CC3)cc2Br)C1. The lowest BCUT2D eigenvalue weighted by Gasteiger charge is -2.17. The molecule has 0 radical (unpaired) electrons. The first-order chi connectivity index (χ1) is 10.2. The van der Waals surface area contributed by atoms with Crippen molar-refractivity contribution in [3.05, 3.63) is 33.8 Å². The van der Waals surface area contributed by atoms with E-state index in [-0.39, 0.29) is 0 Å². The molecule has 1 aromatic rings. The van der Waals surface area contributed by atoms with E-state index in [0.717, 1.165) is 25.0 Å². The Morgan fingerprint density at radius 3 is 2.86 bits per heavy atom. The van der Waals surface area contributed by atoms with E-state index in [9.17, 15) is 0 Å². The number of hydrogen-bond donors (Lipinski definition) is 1. The number of halogens is 1. The van der Waals surface area contributed by atoms with Gasteiger partial charge in [-0.2, -0.15) is 0 Å². The second kappa shape index (κ2) is 7.26. The first-order valence-electron chi connectivity index (χ1n) is 8.47. The molecule has 1 atom stereocenters. The van der Waals surface area contributed by atoms with E-state index in [1.54, 1.807) is 0 Å². The first kappa shape index (κ1) is 15.5. The average Bonchev–Trinajstić information content (AvgIpc) is 3.20. The Balaban J connectivity index is 1.53. The molecule has 3 rings (SSSR count). The summed E-state index contributed by atoms with van der Waals surface area (Å²) in [7, 11) is 0. The Bertz CT molecular complexity index is 470. The molecular weight excluding hydrogens is 324 g/mol. The first-order valence-corrected chi connectivity index (χ1v) is 9.27. The Kier molecular flexibility index (Phi) is 5.36. The molecule has 3 heteroatoms. The Morgan fingerprint density at radius 2 is 2.14 bits per heavy atom. The van der Waals surface area contributed by atoms with Crippen molar-refractivity contribution in [3.8, 4) is 0 Å². The summed E-state index contributed by atoms with van der Waals surface area (Å²) >= 11 is 3.77. The zero-order valence-electron chi connectivity index (χ0n) is 13.1. The highest BCUT2D eigenvalue weighted by Gasteiger charge is 2.22. The lowest BCUT2D eigenvalue weighted by atomic mass is 10.0. The van der Waals surface area contributed by atoms with E-state index in [1.807, 2.05) is 0 Å². The van der Waals surface area contributed by atoms with Crippen LogP contribution in [0, 0.1) is 5.92 Å². The zero-order chi connectivity index (χ0) is 14.7. The number of rotatable bonds is 7. The fourth-order valence-corrected chi connectivity index (χ4v) is 3.87. The van der Waals surface area contributed by atoms with Crippen molar-refractivity contribution in [2.75, 3.05) is 13.1 Å². The van der Waals surface area contributed by atoms with Crippen LogP contribution in [0.25, 0.3) is 0 Å². The molecule has 0 amide bonds. The molecule has 1 saturated carbocycles. The minimum atomic E-state index is 0.781. The van der Waals surface area contributed by atoms with E-state index in [0.29, 0.717) is 0 Å². The van der Waals surface area contributed by atoms with Gasteiger partial charge in [-0.1, -0.05) is 41.4 Å². The smallest absolute Gasteiger partial charge is 0.0245 e. The van der Waals surface area contributed by atoms with Crippen LogP contribution in [0.15, 0.2) is 22.7 Å². The summed E-state index contributed by atoms with van der Waals surface area (Å²) in [6, 6.07) is 7.67. The largest absolute Gasteiger partial charge is 0.310 e. The average molecular weight is 351 g/mol. The van der Waals surface area contributed by atoms with E-state index in [2.05, 4.69) is 51.3 Å². The summed E-state index contributed by atoms with van der Waals surface area (Å²) in [6.45, 7) is 6.95. The van der Waals surface area contributed by atoms with Crippen LogP contribution in [0.4, 0.5) is 0 Å². The quantitative estimate of drug-likeness (QED) is 0.787. The molecule has 1 heterocycles. The maximum atomic E-state index is 3.77. The molecule has 2 nitrogen and oxygen atoms in total. The lowest BCUT2D eigenvalue weighted by molar-refractivity contribution is 0.312. The third-order valence-corrected chi connectivity index (χ3v) is 5.49. The predicted molar refractivity (Wildman–Crippen MR) is 92.3 cm³/mol. The number of benzene rings is 1. The second-order valence-electron chi connectivity index (χ2n) is 6.76. The number of likely N-dealkylation sites (tertiary alicyclic amines) is 1. The van der Waals surface area contributed by atoms with Crippen LogP contribution in [0.2, 0.25) is 0 Å². The van der Waals surface area contributed by atoms with Crippen molar-refractivity contribution in [1.29, 1.82) is 0 Å². The number of nitrogens with zero attached hydrogens (tertiary/aromatic N) is 1. The minimum Gasteiger partial charge on any atom is -0.310 e. The summed E-state index contributed by atoms with van der Waals surface area (Å²) in [5, 5.41) is 3.58. The molecule has 116 valence electrons. The Morgan fingerprint density at radius 1 is 1.29 bits per heavy atom. The standard InChI is InChI=1S/C18H27BrN2/c1-2-3-14-8-9-21(12-14)13-16-5-4-15(10-18(16)19)11-20-17-6-7-17/h4-5,10,14,17,20H,2-3,6-9,11-13H2,1H3. The van der Waals surface area contributed by atoms with Gasteiger partial charge < -0.3 is 5.32 Å². The molecule has 2 aliphatic rings. The maximum absolute atomic E-state index is 3.77. The summed E-state index contributed by atoms with van der Waals surface area (Å²) in [5.41, 5.74) is 2.82. The lowest BCUT2D eigenvalue weighted by Crippen LogP contribution is -2.20. The summed E-state index contributed by atoms with van der Waals surface area (Å²) < 4.78 is 1.27. The summed E-state index contributed by atoms with van der Waals surface area (Å²) in [5.74, 6) is 0.927. The highest BCUT2D eigenvalue weighted by molar-refractivity contribution is 9.10. The van der Waals surface area contributed by atoms with Gasteiger partial charge in [0, 0.05) is 30.1 Å². The molecule has 2 fully saturated rings. The van der Waals surface area contributed by atoms with Crippen LogP contribution in [0.1, 0.15) is 50.2 Å².